The Morgan fingerprint density at radius 2 is 1.33 bits per heavy atom. The molecule has 0 unspecified atom stereocenters. The Kier molecular flexibility index (Phi) is 4.76. The van der Waals surface area contributed by atoms with Crippen LogP contribution in [-0.2, 0) is 0 Å². The largest absolute Gasteiger partial charge is 0.455 e. The summed E-state index contributed by atoms with van der Waals surface area (Å²) in [5.74, 6) is 1.68. The van der Waals surface area contributed by atoms with Gasteiger partial charge < -0.3 is 8.98 Å². The molecule has 3 aromatic heterocycles. The zero-order valence-electron chi connectivity index (χ0n) is 20.9. The maximum Gasteiger partial charge on any atom is 0.168 e. The molecule has 0 saturated heterocycles. The number of furan rings is 1. The second kappa shape index (κ2) is 8.57. The highest BCUT2D eigenvalue weighted by atomic mass is 16.3. The van der Waals surface area contributed by atoms with Crippen molar-refractivity contribution in [2.45, 2.75) is 0 Å². The van der Waals surface area contributed by atoms with Crippen molar-refractivity contribution in [3.05, 3.63) is 134 Å². The minimum atomic E-state index is 0.806. The normalized spacial score (nSPS) is 11.6. The second-order valence-electron chi connectivity index (χ2n) is 9.62. The molecule has 0 N–H and O–H groups in total. The smallest absolute Gasteiger partial charge is 0.168 e. The van der Waals surface area contributed by atoms with Gasteiger partial charge in [0.15, 0.2) is 5.82 Å². The summed E-state index contributed by atoms with van der Waals surface area (Å²) in [5, 5.41) is 12.0. The van der Waals surface area contributed by atoms with Crippen molar-refractivity contribution in [1.29, 1.82) is 0 Å². The Morgan fingerprint density at radius 3 is 2.18 bits per heavy atom. The molecule has 0 atom stereocenters. The van der Waals surface area contributed by atoms with E-state index < -0.39 is 0 Å². The summed E-state index contributed by atoms with van der Waals surface area (Å²) in [6.07, 6.45) is 1.77. The van der Waals surface area contributed by atoms with Crippen molar-refractivity contribution >= 4 is 32.8 Å². The lowest BCUT2D eigenvalue weighted by atomic mass is 10.1. The van der Waals surface area contributed by atoms with Crippen LogP contribution in [0.1, 0.15) is 0 Å². The fourth-order valence-corrected chi connectivity index (χ4v) is 5.56. The quantitative estimate of drug-likeness (QED) is 0.243. The van der Waals surface area contributed by atoms with Crippen molar-refractivity contribution in [3.63, 3.8) is 0 Å². The molecule has 5 heteroatoms. The van der Waals surface area contributed by atoms with Gasteiger partial charge in [-0.2, -0.15) is 0 Å². The van der Waals surface area contributed by atoms with Gasteiger partial charge >= 0.3 is 0 Å². The number of nitrogens with zero attached hydrogens (tertiary/aromatic N) is 4. The van der Waals surface area contributed by atoms with Gasteiger partial charge in [-0.1, -0.05) is 84.9 Å². The molecule has 5 aromatic carbocycles. The second-order valence-corrected chi connectivity index (χ2v) is 9.62. The monoisotopic (exact) mass is 502 g/mol. The van der Waals surface area contributed by atoms with Gasteiger partial charge in [0.2, 0.25) is 0 Å². The number of hydrogen-bond acceptors (Lipinski definition) is 3. The van der Waals surface area contributed by atoms with Crippen molar-refractivity contribution in [3.8, 4) is 34.1 Å². The molecule has 5 nitrogen and oxygen atoms in total. The summed E-state index contributed by atoms with van der Waals surface area (Å²) in [4.78, 5) is 0. The summed E-state index contributed by atoms with van der Waals surface area (Å²) in [7, 11) is 0. The molecule has 0 aliphatic heterocycles. The van der Waals surface area contributed by atoms with Crippen LogP contribution in [0.25, 0.3) is 66.9 Å². The van der Waals surface area contributed by atoms with Crippen molar-refractivity contribution in [2.75, 3.05) is 0 Å². The van der Waals surface area contributed by atoms with E-state index in [1.54, 1.807) is 6.33 Å². The highest BCUT2D eigenvalue weighted by Crippen LogP contribution is 2.39. The first kappa shape index (κ1) is 21.6. The molecule has 8 rings (SSSR count). The third-order valence-corrected chi connectivity index (χ3v) is 7.32. The highest BCUT2D eigenvalue weighted by Gasteiger charge is 2.18. The van der Waals surface area contributed by atoms with Gasteiger partial charge in [0.05, 0.1) is 22.1 Å². The van der Waals surface area contributed by atoms with E-state index in [9.17, 15) is 0 Å². The molecule has 39 heavy (non-hydrogen) atoms. The Hall–Kier alpha value is -5.42. The standard InChI is InChI=1S/C34H22N4O/c1-3-10-23(11-4-1)31-20-25-18-19-30-32(33(25)39-31)28-16-7-8-17-29(28)38(30)27-15-9-14-26(21-27)37-22-35-36-34(37)24-12-5-2-6-13-24/h1-22H. The van der Waals surface area contributed by atoms with E-state index in [1.807, 2.05) is 41.0 Å². The molecule has 0 spiro atoms. The number of para-hydroxylation sites is 1. The molecule has 3 heterocycles. The van der Waals surface area contributed by atoms with E-state index in [4.69, 9.17) is 4.42 Å². The third kappa shape index (κ3) is 3.41. The lowest BCUT2D eigenvalue weighted by molar-refractivity contribution is 0.635. The molecule has 0 amide bonds. The Morgan fingerprint density at radius 1 is 0.590 bits per heavy atom. The molecular weight excluding hydrogens is 480 g/mol. The average molecular weight is 503 g/mol. The maximum absolute atomic E-state index is 6.54. The summed E-state index contributed by atoms with van der Waals surface area (Å²) >= 11 is 0. The van der Waals surface area contributed by atoms with Crippen molar-refractivity contribution in [2.24, 2.45) is 0 Å². The van der Waals surface area contributed by atoms with Crippen LogP contribution in [0.3, 0.4) is 0 Å². The van der Waals surface area contributed by atoms with Gasteiger partial charge in [-0.3, -0.25) is 4.57 Å². The molecule has 0 fully saturated rings. The van der Waals surface area contributed by atoms with E-state index in [-0.39, 0.29) is 0 Å². The molecule has 0 aliphatic carbocycles. The van der Waals surface area contributed by atoms with Gasteiger partial charge in [0.25, 0.3) is 0 Å². The number of fused-ring (bicyclic) bond motifs is 5. The van der Waals surface area contributed by atoms with E-state index in [2.05, 4.69) is 106 Å². The molecular formula is C34H22N4O. The van der Waals surface area contributed by atoms with E-state index in [0.717, 1.165) is 66.9 Å². The first-order valence-electron chi connectivity index (χ1n) is 12.9. The number of aromatic nitrogens is 4. The summed E-state index contributed by atoms with van der Waals surface area (Å²) in [6, 6.07) is 43.9. The minimum Gasteiger partial charge on any atom is -0.455 e. The first-order chi connectivity index (χ1) is 19.3. The van der Waals surface area contributed by atoms with Gasteiger partial charge in [-0.15, -0.1) is 10.2 Å². The average Bonchev–Trinajstić information content (AvgIpc) is 3.74. The molecule has 0 radical (unpaired) electrons. The Balaban J connectivity index is 1.35. The lowest BCUT2D eigenvalue weighted by Gasteiger charge is -2.12. The molecule has 8 aromatic rings. The zero-order valence-corrected chi connectivity index (χ0v) is 20.9. The highest BCUT2D eigenvalue weighted by molar-refractivity contribution is 6.20. The van der Waals surface area contributed by atoms with Crippen LogP contribution in [0.2, 0.25) is 0 Å². The lowest BCUT2D eigenvalue weighted by Crippen LogP contribution is -1.99. The van der Waals surface area contributed by atoms with Crippen LogP contribution in [0, 0.1) is 0 Å². The topological polar surface area (TPSA) is 48.8 Å². The Bertz CT molecular complexity index is 2120. The summed E-state index contributed by atoms with van der Waals surface area (Å²) < 4.78 is 10.9. The van der Waals surface area contributed by atoms with Crippen LogP contribution in [0.5, 0.6) is 0 Å². The van der Waals surface area contributed by atoms with Crippen molar-refractivity contribution < 1.29 is 4.42 Å². The number of rotatable bonds is 4. The zero-order chi connectivity index (χ0) is 25.8. The molecule has 0 saturated carbocycles. The first-order valence-corrected chi connectivity index (χ1v) is 12.9. The van der Waals surface area contributed by atoms with Gasteiger partial charge in [-0.05, 0) is 42.5 Å². The maximum atomic E-state index is 6.54. The van der Waals surface area contributed by atoms with Crippen LogP contribution in [0.15, 0.2) is 138 Å². The Labute approximate surface area is 224 Å². The minimum absolute atomic E-state index is 0.806. The van der Waals surface area contributed by atoms with E-state index in [0.29, 0.717) is 0 Å². The van der Waals surface area contributed by atoms with Gasteiger partial charge in [-0.25, -0.2) is 0 Å². The molecule has 0 aliphatic rings. The van der Waals surface area contributed by atoms with E-state index >= 15 is 0 Å². The summed E-state index contributed by atoms with van der Waals surface area (Å²) in [5.41, 5.74) is 7.27. The SMILES string of the molecule is c1ccc(-c2cc3ccc4c(c5ccccc5n4-c4cccc(-n5cnnc5-c5ccccc5)c4)c3o2)cc1. The fourth-order valence-electron chi connectivity index (χ4n) is 5.56. The van der Waals surface area contributed by atoms with Crippen LogP contribution in [0.4, 0.5) is 0 Å². The van der Waals surface area contributed by atoms with Crippen LogP contribution < -0.4 is 0 Å². The predicted octanol–water partition coefficient (Wildman–Crippen LogP) is 8.44. The third-order valence-electron chi connectivity index (χ3n) is 7.32. The number of hydrogen-bond donors (Lipinski definition) is 0. The van der Waals surface area contributed by atoms with Crippen molar-refractivity contribution in [1.82, 2.24) is 19.3 Å². The van der Waals surface area contributed by atoms with Gasteiger partial charge in [0, 0.05) is 27.6 Å². The number of benzene rings is 5. The molecule has 0 bridgehead atoms. The molecule has 184 valence electrons. The van der Waals surface area contributed by atoms with Crippen LogP contribution in [-0.4, -0.2) is 19.3 Å². The van der Waals surface area contributed by atoms with E-state index in [1.165, 1.54) is 0 Å². The van der Waals surface area contributed by atoms with Gasteiger partial charge in [0.1, 0.15) is 17.7 Å². The van der Waals surface area contributed by atoms with Crippen LogP contribution >= 0.6 is 0 Å². The fraction of sp³-hybridized carbons (Fsp3) is 0. The summed E-state index contributed by atoms with van der Waals surface area (Å²) in [6.45, 7) is 0. The predicted molar refractivity (Wildman–Crippen MR) is 156 cm³/mol.